The number of benzene rings is 1. The number of nitrogens with zero attached hydrogens (tertiary/aromatic N) is 1. The zero-order valence-electron chi connectivity index (χ0n) is 10.9. The number of nitrogens with two attached hydrogens (primary N) is 1. The van der Waals surface area contributed by atoms with Gasteiger partial charge in [0.1, 0.15) is 0 Å². The summed E-state index contributed by atoms with van der Waals surface area (Å²) in [5.41, 5.74) is 7.20. The second-order valence-corrected chi connectivity index (χ2v) is 5.34. The van der Waals surface area contributed by atoms with Crippen molar-refractivity contribution in [3.63, 3.8) is 0 Å². The van der Waals surface area contributed by atoms with Gasteiger partial charge < -0.3 is 10.6 Å². The first-order chi connectivity index (χ1) is 8.31. The summed E-state index contributed by atoms with van der Waals surface area (Å²) >= 11 is 1.97. The molecule has 0 aliphatic carbocycles. The van der Waals surface area contributed by atoms with Crippen molar-refractivity contribution in [2.75, 3.05) is 31.9 Å². The molecule has 1 aromatic rings. The van der Waals surface area contributed by atoms with E-state index in [0.29, 0.717) is 11.8 Å². The van der Waals surface area contributed by atoms with E-state index in [9.17, 15) is 0 Å². The van der Waals surface area contributed by atoms with Gasteiger partial charge in [-0.15, -0.1) is 0 Å². The molecule has 0 saturated carbocycles. The highest BCUT2D eigenvalue weighted by molar-refractivity contribution is 7.99. The third-order valence-corrected chi connectivity index (χ3v) is 4.29. The van der Waals surface area contributed by atoms with Crippen molar-refractivity contribution in [1.82, 2.24) is 4.90 Å². The zero-order valence-corrected chi connectivity index (χ0v) is 11.7. The van der Waals surface area contributed by atoms with Gasteiger partial charge in [-0.1, -0.05) is 44.2 Å². The summed E-state index contributed by atoms with van der Waals surface area (Å²) < 4.78 is 0. The van der Waals surface area contributed by atoms with Crippen LogP contribution >= 0.6 is 11.8 Å². The van der Waals surface area contributed by atoms with E-state index in [2.05, 4.69) is 49.1 Å². The average Bonchev–Trinajstić information content (AvgIpc) is 2.40. The normalized spacial score (nSPS) is 12.9. The van der Waals surface area contributed by atoms with E-state index in [4.69, 9.17) is 5.73 Å². The Bertz CT molecular complexity index is 286. The van der Waals surface area contributed by atoms with E-state index < -0.39 is 0 Å². The summed E-state index contributed by atoms with van der Waals surface area (Å²) in [5.74, 6) is 1.15. The Kier molecular flexibility index (Phi) is 7.33. The van der Waals surface area contributed by atoms with E-state index in [1.165, 1.54) is 5.56 Å². The molecule has 0 radical (unpaired) electrons. The smallest absolute Gasteiger partial charge is 0.0420 e. The number of thioether (sulfide) groups is 1. The minimum absolute atomic E-state index is 0.437. The molecule has 2 N–H and O–H groups in total. The van der Waals surface area contributed by atoms with Crippen LogP contribution in [0.1, 0.15) is 24.7 Å². The Hall–Kier alpha value is -0.510. The van der Waals surface area contributed by atoms with Crippen LogP contribution in [0.3, 0.4) is 0 Å². The third kappa shape index (κ3) is 5.11. The molecular weight excluding hydrogens is 228 g/mol. The molecule has 17 heavy (non-hydrogen) atoms. The Morgan fingerprint density at radius 1 is 1.18 bits per heavy atom. The Balaban J connectivity index is 2.38. The van der Waals surface area contributed by atoms with E-state index in [1.807, 2.05) is 11.8 Å². The largest absolute Gasteiger partial charge is 0.329 e. The van der Waals surface area contributed by atoms with Gasteiger partial charge in [0.25, 0.3) is 0 Å². The van der Waals surface area contributed by atoms with Gasteiger partial charge in [-0.05, 0) is 18.7 Å². The third-order valence-electron chi connectivity index (χ3n) is 3.01. The van der Waals surface area contributed by atoms with Crippen molar-refractivity contribution in [3.8, 4) is 0 Å². The lowest BCUT2D eigenvalue weighted by molar-refractivity contribution is 0.324. The molecule has 0 fully saturated rings. The average molecular weight is 252 g/mol. The molecule has 0 amide bonds. The van der Waals surface area contributed by atoms with Gasteiger partial charge in [-0.2, -0.15) is 11.8 Å². The summed E-state index contributed by atoms with van der Waals surface area (Å²) in [6.07, 6.45) is 0. The fourth-order valence-electron chi connectivity index (χ4n) is 1.83. The molecule has 0 aromatic heterocycles. The van der Waals surface area contributed by atoms with Crippen LogP contribution in [0, 0.1) is 0 Å². The van der Waals surface area contributed by atoms with Crippen molar-refractivity contribution in [1.29, 1.82) is 0 Å². The second kappa shape index (κ2) is 8.56. The summed E-state index contributed by atoms with van der Waals surface area (Å²) in [7, 11) is 0. The van der Waals surface area contributed by atoms with E-state index in [0.717, 1.165) is 25.4 Å². The molecule has 0 saturated heterocycles. The Labute approximate surface area is 110 Å². The minimum atomic E-state index is 0.437. The maximum absolute atomic E-state index is 5.85. The minimum Gasteiger partial charge on any atom is -0.329 e. The molecule has 2 nitrogen and oxygen atoms in total. The fraction of sp³-hybridized carbons (Fsp3) is 0.571. The van der Waals surface area contributed by atoms with Gasteiger partial charge in [-0.3, -0.25) is 0 Å². The quantitative estimate of drug-likeness (QED) is 0.771. The number of rotatable bonds is 8. The van der Waals surface area contributed by atoms with E-state index in [1.54, 1.807) is 0 Å². The monoisotopic (exact) mass is 252 g/mol. The van der Waals surface area contributed by atoms with Gasteiger partial charge >= 0.3 is 0 Å². The van der Waals surface area contributed by atoms with Gasteiger partial charge in [-0.25, -0.2) is 0 Å². The molecule has 0 heterocycles. The first-order valence-electron chi connectivity index (χ1n) is 6.40. The first-order valence-corrected chi connectivity index (χ1v) is 7.45. The maximum Gasteiger partial charge on any atom is 0.0420 e. The van der Waals surface area contributed by atoms with Crippen LogP contribution in [0.4, 0.5) is 0 Å². The van der Waals surface area contributed by atoms with Crippen molar-refractivity contribution >= 4 is 11.8 Å². The Morgan fingerprint density at radius 3 is 2.35 bits per heavy atom. The van der Waals surface area contributed by atoms with Crippen LogP contribution in [0.25, 0.3) is 0 Å². The van der Waals surface area contributed by atoms with E-state index in [-0.39, 0.29) is 0 Å². The van der Waals surface area contributed by atoms with Crippen LogP contribution in [0.5, 0.6) is 0 Å². The van der Waals surface area contributed by atoms with E-state index >= 15 is 0 Å². The lowest BCUT2D eigenvalue weighted by Crippen LogP contribution is -2.26. The van der Waals surface area contributed by atoms with Crippen molar-refractivity contribution in [2.24, 2.45) is 5.73 Å². The van der Waals surface area contributed by atoms with Crippen LogP contribution < -0.4 is 5.73 Å². The van der Waals surface area contributed by atoms with Gasteiger partial charge in [0.2, 0.25) is 0 Å². The van der Waals surface area contributed by atoms with Crippen LogP contribution in [0.2, 0.25) is 0 Å². The van der Waals surface area contributed by atoms with Gasteiger partial charge in [0.05, 0.1) is 0 Å². The molecule has 1 atom stereocenters. The molecule has 3 heteroatoms. The summed E-state index contributed by atoms with van der Waals surface area (Å²) in [4.78, 5) is 2.45. The van der Waals surface area contributed by atoms with Crippen LogP contribution in [0.15, 0.2) is 30.3 Å². The molecule has 0 aliphatic heterocycles. The van der Waals surface area contributed by atoms with Crippen LogP contribution in [-0.4, -0.2) is 36.8 Å². The van der Waals surface area contributed by atoms with Crippen molar-refractivity contribution in [3.05, 3.63) is 35.9 Å². The molecular formula is C14H24N2S. The molecule has 0 bridgehead atoms. The highest BCUT2D eigenvalue weighted by Crippen LogP contribution is 2.27. The molecule has 96 valence electrons. The maximum atomic E-state index is 5.85. The second-order valence-electron chi connectivity index (χ2n) is 4.03. The summed E-state index contributed by atoms with van der Waals surface area (Å²) in [6, 6.07) is 10.6. The number of hydrogen-bond acceptors (Lipinski definition) is 3. The lowest BCUT2D eigenvalue weighted by Gasteiger charge is -2.20. The van der Waals surface area contributed by atoms with Gasteiger partial charge in [0.15, 0.2) is 0 Å². The topological polar surface area (TPSA) is 29.3 Å². The highest BCUT2D eigenvalue weighted by Gasteiger charge is 2.09. The molecule has 1 unspecified atom stereocenters. The predicted molar refractivity (Wildman–Crippen MR) is 78.5 cm³/mol. The first kappa shape index (κ1) is 14.6. The van der Waals surface area contributed by atoms with Crippen LogP contribution in [-0.2, 0) is 0 Å². The van der Waals surface area contributed by atoms with Crippen molar-refractivity contribution in [2.45, 2.75) is 19.1 Å². The Morgan fingerprint density at radius 2 is 1.82 bits per heavy atom. The number of hydrogen-bond donors (Lipinski definition) is 1. The summed E-state index contributed by atoms with van der Waals surface area (Å²) in [5, 5.41) is 0.437. The molecule has 1 aromatic carbocycles. The highest BCUT2D eigenvalue weighted by atomic mass is 32.2. The predicted octanol–water partition coefficient (Wildman–Crippen LogP) is 2.76. The fourth-order valence-corrected chi connectivity index (χ4v) is 2.97. The SMILES string of the molecule is CCN(CC)CCSC(CN)c1ccccc1. The van der Waals surface area contributed by atoms with Gasteiger partial charge in [0, 0.05) is 24.1 Å². The molecule has 0 aliphatic rings. The molecule has 1 rings (SSSR count). The standard InChI is InChI=1S/C14H24N2S/c1-3-16(4-2)10-11-17-14(12-15)13-8-6-5-7-9-13/h5-9,14H,3-4,10-12,15H2,1-2H3. The zero-order chi connectivity index (χ0) is 12.5. The summed E-state index contributed by atoms with van der Waals surface area (Å²) in [6.45, 7) is 8.57. The lowest BCUT2D eigenvalue weighted by atomic mass is 10.1. The van der Waals surface area contributed by atoms with Crippen molar-refractivity contribution < 1.29 is 0 Å². The molecule has 0 spiro atoms.